The van der Waals surface area contributed by atoms with Gasteiger partial charge in [-0.05, 0) is 73.4 Å². The number of fused-ring (bicyclic) bond motifs is 2. The van der Waals surface area contributed by atoms with Gasteiger partial charge < -0.3 is 4.98 Å². The molecule has 0 bridgehead atoms. The van der Waals surface area contributed by atoms with Crippen molar-refractivity contribution in [3.63, 3.8) is 0 Å². The van der Waals surface area contributed by atoms with Crippen molar-refractivity contribution in [2.75, 3.05) is 0 Å². The van der Waals surface area contributed by atoms with Crippen molar-refractivity contribution in [3.8, 4) is 0 Å². The van der Waals surface area contributed by atoms with E-state index in [1.807, 2.05) is 12.3 Å². The van der Waals surface area contributed by atoms with Gasteiger partial charge in [0.15, 0.2) is 0 Å². The SMILES string of the molecule is CC(c1nc2cc(F)c(Cl)cc2[nH]1)[C@H]1CC[C@@H](c2ccnc3ccc(F)cc32)CC1. The van der Waals surface area contributed by atoms with Gasteiger partial charge in [-0.1, -0.05) is 18.5 Å². The van der Waals surface area contributed by atoms with E-state index in [1.54, 1.807) is 18.2 Å². The van der Waals surface area contributed by atoms with E-state index in [9.17, 15) is 8.78 Å². The normalized spacial score (nSPS) is 20.7. The number of pyridine rings is 1. The van der Waals surface area contributed by atoms with Gasteiger partial charge in [0.2, 0.25) is 0 Å². The Hall–Kier alpha value is -2.53. The van der Waals surface area contributed by atoms with Gasteiger partial charge in [-0.15, -0.1) is 0 Å². The molecule has 4 aromatic rings. The molecule has 30 heavy (non-hydrogen) atoms. The molecule has 3 nitrogen and oxygen atoms in total. The van der Waals surface area contributed by atoms with Crippen molar-refractivity contribution in [1.82, 2.24) is 15.0 Å². The first-order valence-corrected chi connectivity index (χ1v) is 10.8. The van der Waals surface area contributed by atoms with Gasteiger partial charge in [-0.25, -0.2) is 13.8 Å². The first-order chi connectivity index (χ1) is 14.5. The highest BCUT2D eigenvalue weighted by Crippen LogP contribution is 2.43. The van der Waals surface area contributed by atoms with Crippen molar-refractivity contribution < 1.29 is 8.78 Å². The van der Waals surface area contributed by atoms with E-state index in [-0.39, 0.29) is 16.8 Å². The summed E-state index contributed by atoms with van der Waals surface area (Å²) in [6.07, 6.45) is 6.05. The number of nitrogens with one attached hydrogen (secondary N) is 1. The zero-order valence-corrected chi connectivity index (χ0v) is 17.4. The summed E-state index contributed by atoms with van der Waals surface area (Å²) < 4.78 is 27.5. The Kier molecular flexibility index (Phi) is 4.94. The molecule has 1 atom stereocenters. The van der Waals surface area contributed by atoms with Gasteiger partial charge in [0.05, 0.1) is 21.6 Å². The summed E-state index contributed by atoms with van der Waals surface area (Å²) in [5.74, 6) is 1.35. The predicted molar refractivity (Wildman–Crippen MR) is 116 cm³/mol. The largest absolute Gasteiger partial charge is 0.342 e. The first kappa shape index (κ1) is 19.4. The second kappa shape index (κ2) is 7.62. The number of halogens is 3. The number of H-pyrrole nitrogens is 1. The van der Waals surface area contributed by atoms with Crippen LogP contribution in [0.2, 0.25) is 5.02 Å². The lowest BCUT2D eigenvalue weighted by Crippen LogP contribution is -2.19. The number of nitrogens with zero attached hydrogens (tertiary/aromatic N) is 2. The average molecular weight is 426 g/mol. The number of hydrogen-bond donors (Lipinski definition) is 1. The highest BCUT2D eigenvalue weighted by atomic mass is 35.5. The van der Waals surface area contributed by atoms with Crippen LogP contribution in [0, 0.1) is 17.6 Å². The topological polar surface area (TPSA) is 41.6 Å². The summed E-state index contributed by atoms with van der Waals surface area (Å²) in [7, 11) is 0. The molecule has 2 aromatic heterocycles. The van der Waals surface area contributed by atoms with Crippen molar-refractivity contribution in [2.24, 2.45) is 5.92 Å². The van der Waals surface area contributed by atoms with Crippen LogP contribution < -0.4 is 0 Å². The zero-order chi connectivity index (χ0) is 20.8. The van der Waals surface area contributed by atoms with Crippen molar-refractivity contribution >= 4 is 33.5 Å². The van der Waals surface area contributed by atoms with Crippen LogP contribution >= 0.6 is 11.6 Å². The number of hydrogen-bond acceptors (Lipinski definition) is 2. The van der Waals surface area contributed by atoms with Gasteiger partial charge in [0.1, 0.15) is 17.5 Å². The molecule has 6 heteroatoms. The van der Waals surface area contributed by atoms with Crippen LogP contribution in [0.15, 0.2) is 42.6 Å². The fraction of sp³-hybridized carbons (Fsp3) is 0.333. The molecule has 0 amide bonds. The second-order valence-electron chi connectivity index (χ2n) is 8.37. The summed E-state index contributed by atoms with van der Waals surface area (Å²) in [4.78, 5) is 12.3. The van der Waals surface area contributed by atoms with Crippen LogP contribution in [0.1, 0.15) is 55.8 Å². The highest BCUT2D eigenvalue weighted by Gasteiger charge is 2.29. The third kappa shape index (κ3) is 3.45. The molecule has 2 aromatic carbocycles. The maximum Gasteiger partial charge on any atom is 0.144 e. The number of aromatic amines is 1. The lowest BCUT2D eigenvalue weighted by molar-refractivity contribution is 0.286. The predicted octanol–water partition coefficient (Wildman–Crippen LogP) is 7.12. The van der Waals surface area contributed by atoms with E-state index < -0.39 is 5.82 Å². The maximum atomic E-state index is 13.8. The van der Waals surface area contributed by atoms with Gasteiger partial charge >= 0.3 is 0 Å². The number of benzene rings is 2. The van der Waals surface area contributed by atoms with Gasteiger partial charge in [-0.3, -0.25) is 4.98 Å². The Bertz CT molecular complexity index is 1190. The molecule has 1 aliphatic carbocycles. The van der Waals surface area contributed by atoms with Crippen molar-refractivity contribution in [3.05, 3.63) is 70.6 Å². The molecule has 0 aliphatic heterocycles. The molecule has 1 fully saturated rings. The van der Waals surface area contributed by atoms with Crippen LogP contribution in [-0.2, 0) is 0 Å². The maximum absolute atomic E-state index is 13.8. The van der Waals surface area contributed by atoms with E-state index in [1.165, 1.54) is 17.7 Å². The Labute approximate surface area is 178 Å². The minimum atomic E-state index is -0.448. The molecule has 2 heterocycles. The summed E-state index contributed by atoms with van der Waals surface area (Å²) in [5, 5.41) is 1.03. The number of imidazole rings is 1. The van der Waals surface area contributed by atoms with E-state index >= 15 is 0 Å². The molecule has 0 radical (unpaired) electrons. The average Bonchev–Trinajstić information content (AvgIpc) is 3.16. The van der Waals surface area contributed by atoms with Crippen molar-refractivity contribution in [1.29, 1.82) is 0 Å². The van der Waals surface area contributed by atoms with Gasteiger partial charge in [-0.2, -0.15) is 0 Å². The van der Waals surface area contributed by atoms with E-state index in [2.05, 4.69) is 21.9 Å². The molecule has 0 spiro atoms. The quantitative estimate of drug-likeness (QED) is 0.379. The Morgan fingerprint density at radius 3 is 2.63 bits per heavy atom. The highest BCUT2D eigenvalue weighted by molar-refractivity contribution is 6.31. The molecule has 0 saturated heterocycles. The second-order valence-corrected chi connectivity index (χ2v) is 8.77. The molecule has 1 aliphatic rings. The smallest absolute Gasteiger partial charge is 0.144 e. The Balaban J connectivity index is 1.34. The molecule has 5 rings (SSSR count). The van der Waals surface area contributed by atoms with Crippen molar-refractivity contribution in [2.45, 2.75) is 44.4 Å². The Morgan fingerprint density at radius 1 is 1.03 bits per heavy atom. The molecule has 1 N–H and O–H groups in total. The fourth-order valence-corrected chi connectivity index (χ4v) is 5.05. The standard InChI is InChI=1S/C24H22ClF2N3/c1-13(24-29-22-11-19(25)20(27)12-23(22)30-24)14-2-4-15(5-3-14)17-8-9-28-21-7-6-16(26)10-18(17)21/h6-15H,2-5H2,1H3,(H,29,30)/t13?,14-,15+. The fourth-order valence-electron chi connectivity index (χ4n) is 4.89. The van der Waals surface area contributed by atoms with Crippen LogP contribution in [-0.4, -0.2) is 15.0 Å². The third-order valence-corrected chi connectivity index (χ3v) is 6.92. The number of aromatic nitrogens is 3. The van der Waals surface area contributed by atoms with Crippen LogP contribution in [0.25, 0.3) is 21.9 Å². The molecule has 154 valence electrons. The van der Waals surface area contributed by atoms with Gasteiger partial charge in [0, 0.05) is 23.6 Å². The van der Waals surface area contributed by atoms with Crippen LogP contribution in [0.4, 0.5) is 8.78 Å². The summed E-state index contributed by atoms with van der Waals surface area (Å²) in [5.41, 5.74) is 3.41. The summed E-state index contributed by atoms with van der Waals surface area (Å²) in [6, 6.07) is 9.83. The monoisotopic (exact) mass is 425 g/mol. The molecule has 1 unspecified atom stereocenters. The lowest BCUT2D eigenvalue weighted by Gasteiger charge is -2.32. The van der Waals surface area contributed by atoms with E-state index in [4.69, 9.17) is 11.6 Å². The minimum absolute atomic E-state index is 0.104. The zero-order valence-electron chi connectivity index (χ0n) is 16.6. The third-order valence-electron chi connectivity index (χ3n) is 6.63. The van der Waals surface area contributed by atoms with Crippen LogP contribution in [0.5, 0.6) is 0 Å². The lowest BCUT2D eigenvalue weighted by atomic mass is 9.73. The van der Waals surface area contributed by atoms with Gasteiger partial charge in [0.25, 0.3) is 0 Å². The molecular formula is C24H22ClF2N3. The summed E-state index contributed by atoms with van der Waals surface area (Å²) in [6.45, 7) is 2.18. The molecule has 1 saturated carbocycles. The minimum Gasteiger partial charge on any atom is -0.342 e. The number of rotatable bonds is 3. The summed E-state index contributed by atoms with van der Waals surface area (Å²) >= 11 is 5.90. The first-order valence-electron chi connectivity index (χ1n) is 10.4. The van der Waals surface area contributed by atoms with E-state index in [0.29, 0.717) is 17.4 Å². The van der Waals surface area contributed by atoms with Crippen LogP contribution in [0.3, 0.4) is 0 Å². The Morgan fingerprint density at radius 2 is 1.83 bits per heavy atom. The molecular weight excluding hydrogens is 404 g/mol. The van der Waals surface area contributed by atoms with E-state index in [0.717, 1.165) is 47.9 Å².